The van der Waals surface area contributed by atoms with Crippen LogP contribution in [0.2, 0.25) is 0 Å². The Morgan fingerprint density at radius 3 is 2.46 bits per heavy atom. The summed E-state index contributed by atoms with van der Waals surface area (Å²) in [6.07, 6.45) is 0. The number of nitrogens with zero attached hydrogens (tertiary/aromatic N) is 1. The van der Waals surface area contributed by atoms with Gasteiger partial charge in [0.15, 0.2) is 0 Å². The maximum Gasteiger partial charge on any atom is 0.270 e. The lowest BCUT2D eigenvalue weighted by atomic mass is 10.1. The van der Waals surface area contributed by atoms with Gasteiger partial charge < -0.3 is 15.4 Å². The van der Waals surface area contributed by atoms with Crippen molar-refractivity contribution in [1.29, 1.82) is 0 Å². The quantitative estimate of drug-likeness (QED) is 0.584. The van der Waals surface area contributed by atoms with Crippen LogP contribution in [0, 0.1) is 10.1 Å². The van der Waals surface area contributed by atoms with Crippen molar-refractivity contribution in [2.45, 2.75) is 19.9 Å². The van der Waals surface area contributed by atoms with E-state index in [4.69, 9.17) is 4.74 Å². The van der Waals surface area contributed by atoms with Crippen LogP contribution < -0.4 is 15.4 Å². The number of nitro groups is 1. The number of carbonyl (C=O) groups is 2. The van der Waals surface area contributed by atoms with E-state index < -0.39 is 10.8 Å². The van der Waals surface area contributed by atoms with E-state index in [0.717, 1.165) is 6.07 Å². The van der Waals surface area contributed by atoms with Crippen LogP contribution in [0.1, 0.15) is 24.2 Å². The Morgan fingerprint density at radius 1 is 1.15 bits per heavy atom. The Balaban J connectivity index is 2.22. The van der Waals surface area contributed by atoms with Crippen molar-refractivity contribution in [3.8, 4) is 11.5 Å². The van der Waals surface area contributed by atoms with Gasteiger partial charge in [-0.3, -0.25) is 19.7 Å². The molecule has 8 nitrogen and oxygen atoms in total. The first-order valence-electron chi connectivity index (χ1n) is 7.95. The molecule has 0 unspecified atom stereocenters. The minimum absolute atomic E-state index is 0.0274. The maximum absolute atomic E-state index is 12.4. The highest BCUT2D eigenvalue weighted by molar-refractivity contribution is 5.99. The molecule has 0 aliphatic rings. The highest BCUT2D eigenvalue weighted by Gasteiger charge is 2.19. The number of benzene rings is 2. The van der Waals surface area contributed by atoms with Crippen LogP contribution in [0.25, 0.3) is 0 Å². The second-order valence-corrected chi connectivity index (χ2v) is 5.76. The summed E-state index contributed by atoms with van der Waals surface area (Å²) in [6, 6.07) is 12.4. The SMILES string of the molecule is CC(C)NC(=O)CNC(=O)c1cc([N+](=O)[O-])ccc1Oc1ccccc1. The van der Waals surface area contributed by atoms with Crippen molar-refractivity contribution in [1.82, 2.24) is 10.6 Å². The molecule has 0 bridgehead atoms. The van der Waals surface area contributed by atoms with Crippen molar-refractivity contribution in [3.63, 3.8) is 0 Å². The van der Waals surface area contributed by atoms with Crippen LogP contribution in [-0.4, -0.2) is 29.3 Å². The molecular formula is C18H19N3O5. The lowest BCUT2D eigenvalue weighted by molar-refractivity contribution is -0.384. The fraction of sp³-hybridized carbons (Fsp3) is 0.222. The zero-order valence-corrected chi connectivity index (χ0v) is 14.4. The number of hydrogen-bond donors (Lipinski definition) is 2. The Morgan fingerprint density at radius 2 is 1.85 bits per heavy atom. The first-order valence-corrected chi connectivity index (χ1v) is 7.95. The number of para-hydroxylation sites is 1. The number of amides is 2. The van der Waals surface area contributed by atoms with Gasteiger partial charge in [0.2, 0.25) is 5.91 Å². The molecule has 0 aromatic heterocycles. The zero-order chi connectivity index (χ0) is 19.1. The molecule has 0 radical (unpaired) electrons. The number of carbonyl (C=O) groups excluding carboxylic acids is 2. The normalized spacial score (nSPS) is 10.3. The van der Waals surface area contributed by atoms with Crippen molar-refractivity contribution in [2.24, 2.45) is 0 Å². The number of hydrogen-bond acceptors (Lipinski definition) is 5. The van der Waals surface area contributed by atoms with Crippen LogP contribution in [0.4, 0.5) is 5.69 Å². The molecule has 8 heteroatoms. The topological polar surface area (TPSA) is 111 Å². The molecule has 2 amide bonds. The Bertz CT molecular complexity index is 806. The van der Waals surface area contributed by atoms with E-state index in [2.05, 4.69) is 10.6 Å². The Hall–Kier alpha value is -3.42. The van der Waals surface area contributed by atoms with Gasteiger partial charge in [0, 0.05) is 18.2 Å². The minimum Gasteiger partial charge on any atom is -0.457 e. The van der Waals surface area contributed by atoms with Crippen molar-refractivity contribution < 1.29 is 19.2 Å². The molecular weight excluding hydrogens is 338 g/mol. The van der Waals surface area contributed by atoms with Gasteiger partial charge in [-0.15, -0.1) is 0 Å². The third-order valence-electron chi connectivity index (χ3n) is 3.25. The summed E-state index contributed by atoms with van der Waals surface area (Å²) in [5.74, 6) is -0.362. The number of nitro benzene ring substituents is 1. The highest BCUT2D eigenvalue weighted by Crippen LogP contribution is 2.28. The standard InChI is InChI=1S/C18H19N3O5/c1-12(2)20-17(22)11-19-18(23)15-10-13(21(24)25)8-9-16(15)26-14-6-4-3-5-7-14/h3-10,12H,11H2,1-2H3,(H,19,23)(H,20,22). The Labute approximate surface area is 150 Å². The lowest BCUT2D eigenvalue weighted by Crippen LogP contribution is -2.39. The predicted octanol–water partition coefficient (Wildman–Crippen LogP) is 2.64. The van der Waals surface area contributed by atoms with Crippen LogP contribution >= 0.6 is 0 Å². The molecule has 0 saturated heterocycles. The largest absolute Gasteiger partial charge is 0.457 e. The van der Waals surface area contributed by atoms with E-state index in [1.54, 1.807) is 38.1 Å². The number of nitrogens with one attached hydrogen (secondary N) is 2. The molecule has 2 rings (SSSR count). The molecule has 0 spiro atoms. The van der Waals surface area contributed by atoms with Gasteiger partial charge in [-0.25, -0.2) is 0 Å². The van der Waals surface area contributed by atoms with E-state index in [-0.39, 0.29) is 35.5 Å². The van der Waals surface area contributed by atoms with Crippen LogP contribution in [-0.2, 0) is 4.79 Å². The van der Waals surface area contributed by atoms with E-state index in [1.165, 1.54) is 12.1 Å². The minimum atomic E-state index is -0.640. The number of rotatable bonds is 7. The second-order valence-electron chi connectivity index (χ2n) is 5.76. The zero-order valence-electron chi connectivity index (χ0n) is 14.4. The molecule has 0 aliphatic heterocycles. The smallest absolute Gasteiger partial charge is 0.270 e. The van der Waals surface area contributed by atoms with Gasteiger partial charge >= 0.3 is 0 Å². The van der Waals surface area contributed by atoms with Crippen molar-refractivity contribution in [2.75, 3.05) is 6.54 Å². The second kappa shape index (κ2) is 8.61. The first-order chi connectivity index (χ1) is 12.4. The van der Waals surface area contributed by atoms with Crippen LogP contribution in [0.3, 0.4) is 0 Å². The molecule has 136 valence electrons. The van der Waals surface area contributed by atoms with Gasteiger partial charge in [-0.1, -0.05) is 18.2 Å². The monoisotopic (exact) mass is 357 g/mol. The average molecular weight is 357 g/mol. The van der Waals surface area contributed by atoms with Crippen molar-refractivity contribution >= 4 is 17.5 Å². The van der Waals surface area contributed by atoms with Gasteiger partial charge in [-0.2, -0.15) is 0 Å². The molecule has 0 fully saturated rings. The summed E-state index contributed by atoms with van der Waals surface area (Å²) >= 11 is 0. The van der Waals surface area contributed by atoms with Gasteiger partial charge in [0.05, 0.1) is 17.0 Å². The van der Waals surface area contributed by atoms with Gasteiger partial charge in [-0.05, 0) is 32.0 Å². The lowest BCUT2D eigenvalue weighted by Gasteiger charge is -2.12. The third kappa shape index (κ3) is 5.30. The third-order valence-corrected chi connectivity index (χ3v) is 3.25. The van der Waals surface area contributed by atoms with Gasteiger partial charge in [0.25, 0.3) is 11.6 Å². The number of non-ortho nitro benzene ring substituents is 1. The summed E-state index contributed by atoms with van der Waals surface area (Å²) in [7, 11) is 0. The summed E-state index contributed by atoms with van der Waals surface area (Å²) in [5, 5.41) is 16.1. The highest BCUT2D eigenvalue weighted by atomic mass is 16.6. The molecule has 0 heterocycles. The predicted molar refractivity (Wildman–Crippen MR) is 95.2 cm³/mol. The van der Waals surface area contributed by atoms with Crippen molar-refractivity contribution in [3.05, 3.63) is 64.2 Å². The van der Waals surface area contributed by atoms with Gasteiger partial charge in [0.1, 0.15) is 11.5 Å². The number of ether oxygens (including phenoxy) is 1. The van der Waals surface area contributed by atoms with E-state index >= 15 is 0 Å². The average Bonchev–Trinajstić information content (AvgIpc) is 2.60. The van der Waals surface area contributed by atoms with E-state index in [1.807, 2.05) is 6.07 Å². The summed E-state index contributed by atoms with van der Waals surface area (Å²) in [5.41, 5.74) is -0.275. The molecule has 0 aliphatic carbocycles. The first kappa shape index (κ1) is 18.9. The molecule has 2 N–H and O–H groups in total. The van der Waals surface area contributed by atoms with E-state index in [0.29, 0.717) is 5.75 Å². The molecule has 0 atom stereocenters. The summed E-state index contributed by atoms with van der Waals surface area (Å²) in [4.78, 5) is 34.5. The maximum atomic E-state index is 12.4. The summed E-state index contributed by atoms with van der Waals surface area (Å²) < 4.78 is 5.65. The van der Waals surface area contributed by atoms with E-state index in [9.17, 15) is 19.7 Å². The summed E-state index contributed by atoms with van der Waals surface area (Å²) in [6.45, 7) is 3.35. The molecule has 2 aromatic carbocycles. The van der Waals surface area contributed by atoms with Crippen LogP contribution in [0.5, 0.6) is 11.5 Å². The molecule has 2 aromatic rings. The molecule has 0 saturated carbocycles. The molecule has 26 heavy (non-hydrogen) atoms. The fourth-order valence-corrected chi connectivity index (χ4v) is 2.14. The fourth-order valence-electron chi connectivity index (χ4n) is 2.14. The van der Waals surface area contributed by atoms with Crippen LogP contribution in [0.15, 0.2) is 48.5 Å². The Kier molecular flexibility index (Phi) is 6.26.